The fraction of sp³-hybridized carbons (Fsp3) is 0.421. The van der Waals surface area contributed by atoms with E-state index in [1.165, 1.54) is 16.9 Å². The summed E-state index contributed by atoms with van der Waals surface area (Å²) < 4.78 is 34.0. The molecule has 0 amide bonds. The lowest BCUT2D eigenvalue weighted by atomic mass is 9.83. The zero-order valence-corrected chi connectivity index (χ0v) is 17.2. The van der Waals surface area contributed by atoms with Crippen LogP contribution in [0.2, 0.25) is 0 Å². The topological polar surface area (TPSA) is 116 Å². The number of rotatable bonds is 4. The molecule has 0 aliphatic carbocycles. The van der Waals surface area contributed by atoms with Crippen LogP contribution in [0.5, 0.6) is 0 Å². The van der Waals surface area contributed by atoms with Gasteiger partial charge in [0.05, 0.1) is 17.3 Å². The molecular formula is C19H22N4O5S. The number of nitrogens with zero attached hydrogens (tertiary/aromatic N) is 4. The molecule has 1 aromatic carbocycles. The molecule has 1 N–H and O–H groups in total. The van der Waals surface area contributed by atoms with E-state index < -0.39 is 16.0 Å². The molecule has 29 heavy (non-hydrogen) atoms. The van der Waals surface area contributed by atoms with Crippen molar-refractivity contribution in [3.05, 3.63) is 41.7 Å². The molecule has 0 radical (unpaired) electrons. The van der Waals surface area contributed by atoms with Crippen molar-refractivity contribution in [2.24, 2.45) is 7.05 Å². The van der Waals surface area contributed by atoms with Crippen molar-refractivity contribution < 1.29 is 23.1 Å². The molecule has 1 aliphatic rings. The second-order valence-corrected chi connectivity index (χ2v) is 9.68. The molecule has 2 aromatic heterocycles. The molecule has 154 valence electrons. The predicted molar refractivity (Wildman–Crippen MR) is 104 cm³/mol. The maximum absolute atomic E-state index is 13.1. The van der Waals surface area contributed by atoms with Crippen LogP contribution in [0.25, 0.3) is 10.9 Å². The first-order valence-corrected chi connectivity index (χ1v) is 10.7. The summed E-state index contributed by atoms with van der Waals surface area (Å²) in [6, 6.07) is 6.78. The van der Waals surface area contributed by atoms with Crippen molar-refractivity contribution in [2.45, 2.75) is 43.2 Å². The van der Waals surface area contributed by atoms with Crippen molar-refractivity contribution in [3.63, 3.8) is 0 Å². The quantitative estimate of drug-likeness (QED) is 0.691. The number of carboxylic acid groups (broad SMARTS) is 1. The van der Waals surface area contributed by atoms with E-state index in [1.54, 1.807) is 13.1 Å². The molecule has 1 fully saturated rings. The number of benzene rings is 1. The van der Waals surface area contributed by atoms with Gasteiger partial charge in [-0.3, -0.25) is 4.68 Å². The van der Waals surface area contributed by atoms with Crippen LogP contribution in [0.3, 0.4) is 0 Å². The lowest BCUT2D eigenvalue weighted by molar-refractivity contribution is -0.0592. The van der Waals surface area contributed by atoms with Gasteiger partial charge >= 0.3 is 5.97 Å². The lowest BCUT2D eigenvalue weighted by Crippen LogP contribution is -2.32. The Kier molecular flexibility index (Phi) is 4.50. The van der Waals surface area contributed by atoms with Gasteiger partial charge in [-0.1, -0.05) is 11.3 Å². The third kappa shape index (κ3) is 3.42. The second-order valence-electron chi connectivity index (χ2n) is 7.95. The SMILES string of the molecule is Cn1cc(S(=O)(=O)n2c(C(=O)O)cc3cc([C@H]4CCOC(C)(C)C4)ccc32)nn1. The van der Waals surface area contributed by atoms with Gasteiger partial charge in [-0.25, -0.2) is 8.77 Å². The fourth-order valence-electron chi connectivity index (χ4n) is 3.92. The van der Waals surface area contributed by atoms with Crippen LogP contribution in [0.15, 0.2) is 35.5 Å². The highest BCUT2D eigenvalue weighted by Crippen LogP contribution is 2.37. The first-order valence-electron chi connectivity index (χ1n) is 9.23. The first-order chi connectivity index (χ1) is 13.6. The molecule has 0 spiro atoms. The first kappa shape index (κ1) is 19.6. The number of aromatic nitrogens is 4. The van der Waals surface area contributed by atoms with E-state index in [1.807, 2.05) is 26.0 Å². The van der Waals surface area contributed by atoms with E-state index >= 15 is 0 Å². The van der Waals surface area contributed by atoms with E-state index in [0.717, 1.165) is 22.4 Å². The molecule has 3 aromatic rings. The van der Waals surface area contributed by atoms with Gasteiger partial charge in [0.2, 0.25) is 5.03 Å². The molecule has 0 unspecified atom stereocenters. The summed E-state index contributed by atoms with van der Waals surface area (Å²) in [6.07, 6.45) is 2.94. The zero-order valence-electron chi connectivity index (χ0n) is 16.4. The van der Waals surface area contributed by atoms with E-state index in [4.69, 9.17) is 4.74 Å². The van der Waals surface area contributed by atoms with Crippen molar-refractivity contribution in [1.29, 1.82) is 0 Å². The van der Waals surface area contributed by atoms with Crippen LogP contribution in [-0.2, 0) is 21.8 Å². The molecular weight excluding hydrogens is 396 g/mol. The Morgan fingerprint density at radius 1 is 1.31 bits per heavy atom. The van der Waals surface area contributed by atoms with Crippen LogP contribution in [-0.4, -0.2) is 50.7 Å². The van der Waals surface area contributed by atoms with Crippen LogP contribution in [0.1, 0.15) is 48.7 Å². The van der Waals surface area contributed by atoms with Crippen molar-refractivity contribution in [2.75, 3.05) is 6.61 Å². The lowest BCUT2D eigenvalue weighted by Gasteiger charge is -2.35. The van der Waals surface area contributed by atoms with Gasteiger partial charge in [-0.05, 0) is 56.4 Å². The van der Waals surface area contributed by atoms with Crippen LogP contribution in [0.4, 0.5) is 0 Å². The normalized spacial score (nSPS) is 19.5. The van der Waals surface area contributed by atoms with Gasteiger partial charge in [0.15, 0.2) is 0 Å². The van der Waals surface area contributed by atoms with Crippen LogP contribution in [0, 0.1) is 0 Å². The molecule has 1 saturated heterocycles. The summed E-state index contributed by atoms with van der Waals surface area (Å²) in [5, 5.41) is 17.2. The zero-order chi connectivity index (χ0) is 21.0. The summed E-state index contributed by atoms with van der Waals surface area (Å²) in [5.41, 5.74) is 0.767. The van der Waals surface area contributed by atoms with E-state index in [9.17, 15) is 18.3 Å². The average Bonchev–Trinajstić information content (AvgIpc) is 3.24. The highest BCUT2D eigenvalue weighted by atomic mass is 32.2. The average molecular weight is 418 g/mol. The largest absolute Gasteiger partial charge is 0.477 e. The summed E-state index contributed by atoms with van der Waals surface area (Å²) in [6.45, 7) is 4.74. The summed E-state index contributed by atoms with van der Waals surface area (Å²) in [4.78, 5) is 11.8. The number of aromatic carboxylic acids is 1. The number of hydrogen-bond donors (Lipinski definition) is 1. The van der Waals surface area contributed by atoms with Crippen LogP contribution >= 0.6 is 0 Å². The smallest absolute Gasteiger partial charge is 0.353 e. The van der Waals surface area contributed by atoms with Gasteiger partial charge in [0.1, 0.15) is 5.69 Å². The summed E-state index contributed by atoms with van der Waals surface area (Å²) >= 11 is 0. The third-order valence-electron chi connectivity index (χ3n) is 5.26. The Morgan fingerprint density at radius 3 is 2.69 bits per heavy atom. The fourth-order valence-corrected chi connectivity index (χ4v) is 5.35. The Bertz CT molecular complexity index is 1210. The highest BCUT2D eigenvalue weighted by molar-refractivity contribution is 7.90. The van der Waals surface area contributed by atoms with Gasteiger partial charge in [0, 0.05) is 19.0 Å². The number of ether oxygens (including phenoxy) is 1. The van der Waals surface area contributed by atoms with Gasteiger partial charge in [-0.15, -0.1) is 5.10 Å². The van der Waals surface area contributed by atoms with Crippen molar-refractivity contribution >= 4 is 26.9 Å². The van der Waals surface area contributed by atoms with Gasteiger partial charge < -0.3 is 9.84 Å². The molecule has 0 bridgehead atoms. The number of aryl methyl sites for hydroxylation is 1. The second kappa shape index (κ2) is 6.67. The minimum atomic E-state index is -4.21. The molecule has 0 saturated carbocycles. The molecule has 9 nitrogen and oxygen atoms in total. The maximum Gasteiger partial charge on any atom is 0.353 e. The van der Waals surface area contributed by atoms with Crippen LogP contribution < -0.4 is 0 Å². The molecule has 3 heterocycles. The molecule has 4 rings (SSSR count). The summed E-state index contributed by atoms with van der Waals surface area (Å²) in [5.74, 6) is -1.07. The molecule has 1 aliphatic heterocycles. The monoisotopic (exact) mass is 418 g/mol. The third-order valence-corrected chi connectivity index (χ3v) is 6.85. The number of fused-ring (bicyclic) bond motifs is 1. The number of carboxylic acids is 1. The Balaban J connectivity index is 1.85. The maximum atomic E-state index is 13.1. The Morgan fingerprint density at radius 2 is 2.07 bits per heavy atom. The van der Waals surface area contributed by atoms with E-state index in [-0.39, 0.29) is 22.2 Å². The minimum Gasteiger partial charge on any atom is -0.477 e. The van der Waals surface area contributed by atoms with E-state index in [0.29, 0.717) is 17.5 Å². The Hall–Kier alpha value is -2.72. The molecule has 10 heteroatoms. The number of carbonyl (C=O) groups is 1. The van der Waals surface area contributed by atoms with Gasteiger partial charge in [-0.2, -0.15) is 8.42 Å². The Labute approximate surface area is 167 Å². The predicted octanol–water partition coefficient (Wildman–Crippen LogP) is 2.38. The van der Waals surface area contributed by atoms with Gasteiger partial charge in [0.25, 0.3) is 10.0 Å². The summed E-state index contributed by atoms with van der Waals surface area (Å²) in [7, 11) is -2.67. The molecule has 1 atom stereocenters. The van der Waals surface area contributed by atoms with E-state index in [2.05, 4.69) is 10.3 Å². The van der Waals surface area contributed by atoms with Crippen molar-refractivity contribution in [3.8, 4) is 0 Å². The standard InChI is InChI=1S/C19H22N4O5S/c1-19(2)10-13(6-7-28-19)12-4-5-15-14(8-12)9-16(18(24)25)23(15)29(26,27)17-11-22(3)21-20-17/h4-5,8-9,11,13H,6-7,10H2,1-3H3,(H,24,25)/t13-/m0/s1. The highest BCUT2D eigenvalue weighted by Gasteiger charge is 2.31. The number of hydrogen-bond acceptors (Lipinski definition) is 6. The minimum absolute atomic E-state index is 0.231. The van der Waals surface area contributed by atoms with Crippen molar-refractivity contribution in [1.82, 2.24) is 19.0 Å².